The van der Waals surface area contributed by atoms with Crippen LogP contribution in [0.2, 0.25) is 0 Å². The molecule has 0 amide bonds. The number of hydrogen-bond acceptors (Lipinski definition) is 4. The van der Waals surface area contributed by atoms with E-state index in [0.717, 1.165) is 68.0 Å². The van der Waals surface area contributed by atoms with Crippen molar-refractivity contribution in [3.05, 3.63) is 69.3 Å². The first-order valence-electron chi connectivity index (χ1n) is 12.9. The van der Waals surface area contributed by atoms with Crippen LogP contribution in [0.3, 0.4) is 0 Å². The standard InChI is InChI=1S/C31H36N4O2/c1-16-17(2)24-12-25-18(3)19(4)26(34-25)13-28-22(9-10-30(36)37-8)20(5)27(35-28)14-29-31(6,7)15-21(32-29)11-23(16)33-24/h11-14,33,35H,9-10,15H2,1-8H3. The third kappa shape index (κ3) is 4.39. The molecule has 6 nitrogen and oxygen atoms in total. The molecule has 6 heteroatoms. The minimum atomic E-state index is -0.210. The van der Waals surface area contributed by atoms with Gasteiger partial charge in [-0.15, -0.1) is 0 Å². The molecule has 0 aromatic carbocycles. The van der Waals surface area contributed by atoms with Gasteiger partial charge in [-0.3, -0.25) is 9.78 Å². The van der Waals surface area contributed by atoms with E-state index in [9.17, 15) is 4.79 Å². The number of aryl methyl sites for hydroxylation is 4. The van der Waals surface area contributed by atoms with Gasteiger partial charge < -0.3 is 14.7 Å². The summed E-state index contributed by atoms with van der Waals surface area (Å²) >= 11 is 0. The molecule has 3 aromatic rings. The van der Waals surface area contributed by atoms with Crippen LogP contribution in [0.15, 0.2) is 24.3 Å². The predicted octanol–water partition coefficient (Wildman–Crippen LogP) is 6.82. The summed E-state index contributed by atoms with van der Waals surface area (Å²) in [6.45, 7) is 15.2. The zero-order chi connectivity index (χ0) is 26.6. The van der Waals surface area contributed by atoms with Crippen LogP contribution in [0, 0.1) is 20.8 Å². The van der Waals surface area contributed by atoms with E-state index < -0.39 is 0 Å². The number of ether oxygens (including phenoxy) is 1. The third-order valence-corrected chi connectivity index (χ3v) is 8.20. The van der Waals surface area contributed by atoms with Gasteiger partial charge >= 0.3 is 5.97 Å². The van der Waals surface area contributed by atoms with Gasteiger partial charge in [-0.05, 0) is 98.7 Å². The first kappa shape index (κ1) is 25.0. The minimum Gasteiger partial charge on any atom is -0.469 e. The van der Waals surface area contributed by atoms with Crippen molar-refractivity contribution in [1.82, 2.24) is 19.9 Å². The summed E-state index contributed by atoms with van der Waals surface area (Å²) in [5, 5.41) is 0. The van der Waals surface area contributed by atoms with Gasteiger partial charge in [-0.1, -0.05) is 13.8 Å². The lowest BCUT2D eigenvalue weighted by molar-refractivity contribution is -0.140. The maximum Gasteiger partial charge on any atom is 0.305 e. The van der Waals surface area contributed by atoms with Crippen molar-refractivity contribution < 1.29 is 9.53 Å². The second-order valence-electron chi connectivity index (χ2n) is 11.1. The highest BCUT2D eigenvalue weighted by Crippen LogP contribution is 2.34. The lowest BCUT2D eigenvalue weighted by Crippen LogP contribution is -2.15. The minimum absolute atomic E-state index is 0.0899. The quantitative estimate of drug-likeness (QED) is 0.390. The van der Waals surface area contributed by atoms with Gasteiger partial charge in [0.25, 0.3) is 0 Å². The molecule has 2 aliphatic rings. The van der Waals surface area contributed by atoms with Crippen LogP contribution < -0.4 is 0 Å². The summed E-state index contributed by atoms with van der Waals surface area (Å²) in [5.41, 5.74) is 15.1. The number of esters is 1. The van der Waals surface area contributed by atoms with E-state index in [1.165, 1.54) is 23.8 Å². The van der Waals surface area contributed by atoms with Crippen molar-refractivity contribution in [2.45, 2.75) is 73.1 Å². The summed E-state index contributed by atoms with van der Waals surface area (Å²) in [5.74, 6) is -0.210. The molecule has 0 saturated carbocycles. The lowest BCUT2D eigenvalue weighted by atomic mass is 9.87. The van der Waals surface area contributed by atoms with Crippen LogP contribution in [0.4, 0.5) is 0 Å². The number of nitrogens with one attached hydrogen (secondary N) is 2. The van der Waals surface area contributed by atoms with Gasteiger partial charge in [0.15, 0.2) is 0 Å². The Hall–Kier alpha value is -3.67. The van der Waals surface area contributed by atoms with Gasteiger partial charge in [0, 0.05) is 51.7 Å². The van der Waals surface area contributed by atoms with Crippen LogP contribution in [0.1, 0.15) is 79.1 Å². The second-order valence-corrected chi connectivity index (χ2v) is 11.1. The van der Waals surface area contributed by atoms with Crippen LogP contribution in [0.5, 0.6) is 0 Å². The van der Waals surface area contributed by atoms with Gasteiger partial charge in [-0.25, -0.2) is 4.98 Å². The molecule has 5 heterocycles. The number of aromatic nitrogens is 4. The number of nitrogens with zero attached hydrogens (tertiary/aromatic N) is 2. The normalized spacial score (nSPS) is 14.8. The number of allylic oxidation sites excluding steroid dienone is 2. The van der Waals surface area contributed by atoms with Crippen molar-refractivity contribution >= 4 is 39.2 Å². The highest BCUT2D eigenvalue weighted by atomic mass is 16.5. The summed E-state index contributed by atoms with van der Waals surface area (Å²) in [7, 11) is 1.44. The molecule has 192 valence electrons. The van der Waals surface area contributed by atoms with Crippen LogP contribution in [-0.2, 0) is 27.8 Å². The number of carbonyl (C=O) groups is 1. The highest BCUT2D eigenvalue weighted by molar-refractivity contribution is 5.92. The van der Waals surface area contributed by atoms with Gasteiger partial charge in [0.2, 0.25) is 0 Å². The Balaban J connectivity index is 1.89. The van der Waals surface area contributed by atoms with Crippen molar-refractivity contribution in [2.75, 3.05) is 7.11 Å². The van der Waals surface area contributed by atoms with Gasteiger partial charge in [0.1, 0.15) is 0 Å². The second kappa shape index (κ2) is 9.02. The zero-order valence-corrected chi connectivity index (χ0v) is 23.1. The van der Waals surface area contributed by atoms with E-state index in [2.05, 4.69) is 82.7 Å². The molecule has 2 aliphatic heterocycles. The van der Waals surface area contributed by atoms with Crippen LogP contribution in [0.25, 0.3) is 33.2 Å². The Bertz CT molecular complexity index is 1630. The molecule has 0 unspecified atom stereocenters. The number of carbonyl (C=O) groups excluding carboxylic acids is 1. The summed E-state index contributed by atoms with van der Waals surface area (Å²) in [4.78, 5) is 29.4. The van der Waals surface area contributed by atoms with Gasteiger partial charge in [-0.2, -0.15) is 0 Å². The molecule has 3 aromatic heterocycles. The van der Waals surface area contributed by atoms with E-state index in [-0.39, 0.29) is 11.4 Å². The first-order valence-corrected chi connectivity index (χ1v) is 12.9. The SMILES string of the molecule is COC(=O)CCc1c(C)c2cc3nc(cc4[nH]c(cc5nc(cc1[nH]2)C(C)=C5C)c(C)c4C)CC3(C)C. The fourth-order valence-corrected chi connectivity index (χ4v) is 5.36. The Labute approximate surface area is 218 Å². The first-order chi connectivity index (χ1) is 17.5. The number of H-pyrrole nitrogens is 2. The zero-order valence-electron chi connectivity index (χ0n) is 23.1. The molecule has 0 aliphatic carbocycles. The van der Waals surface area contributed by atoms with E-state index in [4.69, 9.17) is 14.7 Å². The molecule has 8 bridgehead atoms. The van der Waals surface area contributed by atoms with Crippen LogP contribution >= 0.6 is 0 Å². The van der Waals surface area contributed by atoms with Crippen LogP contribution in [-0.4, -0.2) is 33.0 Å². The number of hydrogen-bond donors (Lipinski definition) is 2. The molecule has 0 fully saturated rings. The molecule has 0 saturated heterocycles. The van der Waals surface area contributed by atoms with E-state index >= 15 is 0 Å². The molecular formula is C31H36N4O2. The number of fused-ring (bicyclic) bond motifs is 8. The van der Waals surface area contributed by atoms with E-state index in [1.54, 1.807) is 0 Å². The topological polar surface area (TPSA) is 83.7 Å². The van der Waals surface area contributed by atoms with Gasteiger partial charge in [0.05, 0.1) is 18.5 Å². The average molecular weight is 497 g/mol. The van der Waals surface area contributed by atoms with Crippen molar-refractivity contribution in [1.29, 1.82) is 0 Å². The molecule has 0 atom stereocenters. The third-order valence-electron chi connectivity index (χ3n) is 8.20. The molecule has 0 radical (unpaired) electrons. The number of rotatable bonds is 3. The fourth-order valence-electron chi connectivity index (χ4n) is 5.36. The van der Waals surface area contributed by atoms with E-state index in [1.807, 2.05) is 0 Å². The summed E-state index contributed by atoms with van der Waals surface area (Å²) in [6, 6.07) is 8.64. The lowest BCUT2D eigenvalue weighted by Gasteiger charge is -2.15. The maximum absolute atomic E-state index is 12.0. The molecular weight excluding hydrogens is 460 g/mol. The Morgan fingerprint density at radius 2 is 1.41 bits per heavy atom. The van der Waals surface area contributed by atoms with Crippen molar-refractivity contribution in [3.63, 3.8) is 0 Å². The Morgan fingerprint density at radius 1 is 0.838 bits per heavy atom. The fraction of sp³-hybridized carbons (Fsp3) is 0.387. The molecule has 37 heavy (non-hydrogen) atoms. The average Bonchev–Trinajstić information content (AvgIpc) is 3.48. The molecule has 5 rings (SSSR count). The largest absolute Gasteiger partial charge is 0.469 e. The molecule has 2 N–H and O–H groups in total. The van der Waals surface area contributed by atoms with Crippen molar-refractivity contribution in [2.24, 2.45) is 0 Å². The number of aromatic amines is 2. The maximum atomic E-state index is 12.0. The Kier molecular flexibility index (Phi) is 6.09. The summed E-state index contributed by atoms with van der Waals surface area (Å²) in [6.07, 6.45) is 1.79. The Morgan fingerprint density at radius 3 is 2.05 bits per heavy atom. The highest BCUT2D eigenvalue weighted by Gasteiger charge is 2.29. The smallest absolute Gasteiger partial charge is 0.305 e. The van der Waals surface area contributed by atoms with Crippen molar-refractivity contribution in [3.8, 4) is 0 Å². The van der Waals surface area contributed by atoms with E-state index in [0.29, 0.717) is 12.8 Å². The monoisotopic (exact) mass is 496 g/mol. The predicted molar refractivity (Wildman–Crippen MR) is 150 cm³/mol. The summed E-state index contributed by atoms with van der Waals surface area (Å²) < 4.78 is 4.92. The molecule has 0 spiro atoms. The number of methoxy groups -OCH3 is 1.